The maximum absolute atomic E-state index is 14.5. The zero-order valence-electron chi connectivity index (χ0n) is 15.6. The van der Waals surface area contributed by atoms with Crippen LogP contribution < -0.4 is 11.1 Å². The standard InChI is InChI=1S/C19H15F3N2O2S.CH5N/c20-13-6-5-11(9-15(13)22)19-24-10-16(27-19)17-12(3-1-4-14(17)21)18(26)23-7-2-8-25;1-2/h1,3-6,9-10,25H,2,7-8H2,(H,23,26);2H2,1H3. The first-order valence-corrected chi connectivity index (χ1v) is 9.50. The van der Waals surface area contributed by atoms with Gasteiger partial charge in [0.25, 0.3) is 5.91 Å². The Morgan fingerprint density at radius 3 is 2.59 bits per heavy atom. The van der Waals surface area contributed by atoms with Crippen LogP contribution in [0.25, 0.3) is 21.0 Å². The van der Waals surface area contributed by atoms with Crippen LogP contribution in [0.2, 0.25) is 0 Å². The van der Waals surface area contributed by atoms with Crippen molar-refractivity contribution in [2.75, 3.05) is 20.2 Å². The molecule has 0 fully saturated rings. The average Bonchev–Trinajstić information content (AvgIpc) is 3.21. The number of nitrogens with zero attached hydrogens (tertiary/aromatic N) is 1. The molecule has 0 aliphatic heterocycles. The minimum absolute atomic E-state index is 0.0667. The van der Waals surface area contributed by atoms with Gasteiger partial charge in [0.2, 0.25) is 0 Å². The summed E-state index contributed by atoms with van der Waals surface area (Å²) in [5.41, 5.74) is 5.08. The minimum atomic E-state index is -1.00. The van der Waals surface area contributed by atoms with Crippen molar-refractivity contribution in [1.29, 1.82) is 0 Å². The highest BCUT2D eigenvalue weighted by atomic mass is 32.1. The van der Waals surface area contributed by atoms with Crippen LogP contribution in [0.3, 0.4) is 0 Å². The number of rotatable bonds is 6. The molecule has 2 aromatic carbocycles. The molecule has 0 saturated heterocycles. The summed E-state index contributed by atoms with van der Waals surface area (Å²) in [6, 6.07) is 7.54. The molecule has 154 valence electrons. The number of amides is 1. The van der Waals surface area contributed by atoms with E-state index in [9.17, 15) is 18.0 Å². The van der Waals surface area contributed by atoms with E-state index >= 15 is 0 Å². The zero-order valence-corrected chi connectivity index (χ0v) is 16.4. The van der Waals surface area contributed by atoms with Crippen LogP contribution >= 0.6 is 11.3 Å². The number of aromatic nitrogens is 1. The Balaban J connectivity index is 0.00000145. The van der Waals surface area contributed by atoms with Crippen molar-refractivity contribution in [3.63, 3.8) is 0 Å². The predicted molar refractivity (Wildman–Crippen MR) is 107 cm³/mol. The van der Waals surface area contributed by atoms with E-state index in [1.165, 1.54) is 37.5 Å². The van der Waals surface area contributed by atoms with E-state index < -0.39 is 23.4 Å². The average molecular weight is 423 g/mol. The molecule has 1 heterocycles. The second-order valence-electron chi connectivity index (χ2n) is 5.65. The number of aliphatic hydroxyl groups excluding tert-OH is 1. The van der Waals surface area contributed by atoms with E-state index in [1.807, 2.05) is 0 Å². The summed E-state index contributed by atoms with van der Waals surface area (Å²) in [6.45, 7) is 0.191. The highest BCUT2D eigenvalue weighted by Gasteiger charge is 2.19. The lowest BCUT2D eigenvalue weighted by molar-refractivity contribution is 0.0951. The number of hydrogen-bond donors (Lipinski definition) is 3. The van der Waals surface area contributed by atoms with Crippen molar-refractivity contribution in [3.05, 3.63) is 65.6 Å². The summed E-state index contributed by atoms with van der Waals surface area (Å²) >= 11 is 1.07. The minimum Gasteiger partial charge on any atom is -0.396 e. The smallest absolute Gasteiger partial charge is 0.252 e. The van der Waals surface area contributed by atoms with E-state index in [0.29, 0.717) is 21.9 Å². The Bertz CT molecular complexity index is 979. The van der Waals surface area contributed by atoms with Gasteiger partial charge in [-0.2, -0.15) is 0 Å². The summed E-state index contributed by atoms with van der Waals surface area (Å²) in [5.74, 6) is -3.03. The molecule has 29 heavy (non-hydrogen) atoms. The van der Waals surface area contributed by atoms with Crippen LogP contribution in [0, 0.1) is 17.5 Å². The molecule has 0 radical (unpaired) electrons. The first-order chi connectivity index (χ1) is 14.0. The molecule has 9 heteroatoms. The molecule has 0 atom stereocenters. The number of aliphatic hydroxyl groups is 1. The molecule has 0 unspecified atom stereocenters. The fourth-order valence-electron chi connectivity index (χ4n) is 2.49. The van der Waals surface area contributed by atoms with Crippen molar-refractivity contribution in [2.24, 2.45) is 5.73 Å². The molecule has 1 aromatic heterocycles. The van der Waals surface area contributed by atoms with E-state index in [4.69, 9.17) is 5.11 Å². The normalized spacial score (nSPS) is 10.3. The third-order valence-electron chi connectivity index (χ3n) is 3.80. The van der Waals surface area contributed by atoms with Crippen LogP contribution in [0.4, 0.5) is 13.2 Å². The Morgan fingerprint density at radius 1 is 1.14 bits per heavy atom. The van der Waals surface area contributed by atoms with E-state index in [1.54, 1.807) is 0 Å². The number of benzene rings is 2. The van der Waals surface area contributed by atoms with Gasteiger partial charge in [-0.1, -0.05) is 6.07 Å². The van der Waals surface area contributed by atoms with Gasteiger partial charge < -0.3 is 16.2 Å². The van der Waals surface area contributed by atoms with Gasteiger partial charge in [-0.15, -0.1) is 11.3 Å². The number of nitrogens with two attached hydrogens (primary N) is 1. The SMILES string of the molecule is CN.O=C(NCCCO)c1cccc(F)c1-c1cnc(-c2ccc(F)c(F)c2)s1. The van der Waals surface area contributed by atoms with Crippen molar-refractivity contribution < 1.29 is 23.1 Å². The molecule has 3 aromatic rings. The third kappa shape index (κ3) is 5.41. The maximum atomic E-state index is 14.5. The number of hydrogen-bond acceptors (Lipinski definition) is 5. The monoisotopic (exact) mass is 423 g/mol. The zero-order chi connectivity index (χ0) is 21.4. The maximum Gasteiger partial charge on any atom is 0.252 e. The Labute approximate surface area is 170 Å². The van der Waals surface area contributed by atoms with Gasteiger partial charge in [0.05, 0.1) is 10.4 Å². The van der Waals surface area contributed by atoms with Crippen molar-refractivity contribution in [1.82, 2.24) is 10.3 Å². The number of halogens is 3. The van der Waals surface area contributed by atoms with E-state index in [-0.39, 0.29) is 24.3 Å². The number of thiazole rings is 1. The number of carbonyl (C=O) groups is 1. The highest BCUT2D eigenvalue weighted by molar-refractivity contribution is 7.18. The lowest BCUT2D eigenvalue weighted by Crippen LogP contribution is -2.25. The van der Waals surface area contributed by atoms with Crippen LogP contribution in [0.1, 0.15) is 16.8 Å². The van der Waals surface area contributed by atoms with Crippen LogP contribution in [0.15, 0.2) is 42.6 Å². The molecule has 0 saturated carbocycles. The second kappa shape index (κ2) is 10.7. The summed E-state index contributed by atoms with van der Waals surface area (Å²) in [7, 11) is 1.50. The molecule has 1 amide bonds. The Morgan fingerprint density at radius 2 is 1.90 bits per heavy atom. The van der Waals surface area contributed by atoms with Crippen LogP contribution in [-0.4, -0.2) is 36.2 Å². The van der Waals surface area contributed by atoms with Crippen molar-refractivity contribution >= 4 is 17.2 Å². The summed E-state index contributed by atoms with van der Waals surface area (Å²) in [6.07, 6.45) is 1.78. The molecule has 0 bridgehead atoms. The highest BCUT2D eigenvalue weighted by Crippen LogP contribution is 2.35. The molecule has 5 nitrogen and oxygen atoms in total. The first kappa shape index (κ1) is 22.5. The fraction of sp³-hybridized carbons (Fsp3) is 0.200. The van der Waals surface area contributed by atoms with Gasteiger partial charge in [0, 0.05) is 30.5 Å². The van der Waals surface area contributed by atoms with Crippen molar-refractivity contribution in [3.8, 4) is 21.0 Å². The molecule has 4 N–H and O–H groups in total. The Hall–Kier alpha value is -2.75. The molecular formula is C20H20F3N3O2S. The fourth-order valence-corrected chi connectivity index (χ4v) is 3.47. The second-order valence-corrected chi connectivity index (χ2v) is 6.68. The van der Waals surface area contributed by atoms with Gasteiger partial charge in [-0.3, -0.25) is 4.79 Å². The predicted octanol–water partition coefficient (Wildman–Crippen LogP) is 3.58. The molecule has 0 spiro atoms. The lowest BCUT2D eigenvalue weighted by atomic mass is 10.1. The van der Waals surface area contributed by atoms with E-state index in [0.717, 1.165) is 23.5 Å². The van der Waals surface area contributed by atoms with E-state index in [2.05, 4.69) is 16.0 Å². The molecule has 0 aliphatic rings. The molecule has 3 rings (SSSR count). The third-order valence-corrected chi connectivity index (χ3v) is 4.86. The topological polar surface area (TPSA) is 88.2 Å². The summed E-state index contributed by atoms with van der Waals surface area (Å²) < 4.78 is 41.0. The summed E-state index contributed by atoms with van der Waals surface area (Å²) in [5, 5.41) is 11.8. The largest absolute Gasteiger partial charge is 0.396 e. The van der Waals surface area contributed by atoms with Gasteiger partial charge in [-0.05, 0) is 43.8 Å². The number of nitrogens with one attached hydrogen (secondary N) is 1. The van der Waals surface area contributed by atoms with Crippen molar-refractivity contribution in [2.45, 2.75) is 6.42 Å². The number of carbonyl (C=O) groups excluding carboxylic acids is 1. The lowest BCUT2D eigenvalue weighted by Gasteiger charge is -2.09. The van der Waals surface area contributed by atoms with Gasteiger partial charge in [-0.25, -0.2) is 18.2 Å². The van der Waals surface area contributed by atoms with Gasteiger partial charge in [0.15, 0.2) is 11.6 Å². The Kier molecular flexibility index (Phi) is 8.32. The quantitative estimate of drug-likeness (QED) is 0.529. The van der Waals surface area contributed by atoms with Crippen LogP contribution in [0.5, 0.6) is 0 Å². The van der Waals surface area contributed by atoms with Gasteiger partial charge in [0.1, 0.15) is 10.8 Å². The first-order valence-electron chi connectivity index (χ1n) is 8.68. The molecular weight excluding hydrogens is 403 g/mol. The van der Waals surface area contributed by atoms with Crippen LogP contribution in [-0.2, 0) is 0 Å². The van der Waals surface area contributed by atoms with Gasteiger partial charge >= 0.3 is 0 Å². The molecule has 0 aliphatic carbocycles. The summed E-state index contributed by atoms with van der Waals surface area (Å²) in [4.78, 5) is 16.9.